The van der Waals surface area contributed by atoms with E-state index in [0.717, 1.165) is 19.3 Å². The zero-order chi connectivity index (χ0) is 7.84. The summed E-state index contributed by atoms with van der Waals surface area (Å²) in [5, 5.41) is 19.2. The van der Waals surface area contributed by atoms with Crippen molar-refractivity contribution in [3.05, 3.63) is 0 Å². The first-order chi connectivity index (χ1) is 5.29. The fourth-order valence-electron chi connectivity index (χ4n) is 2.64. The molecule has 2 aliphatic carbocycles. The van der Waals surface area contributed by atoms with E-state index in [4.69, 9.17) is 0 Å². The van der Waals surface area contributed by atoms with Gasteiger partial charge < -0.3 is 10.2 Å². The van der Waals surface area contributed by atoms with Crippen LogP contribution in [0.25, 0.3) is 0 Å². The molecule has 0 unspecified atom stereocenters. The molecule has 4 atom stereocenters. The Hall–Kier alpha value is -0.0800. The average Bonchev–Trinajstić information content (AvgIpc) is 1.98. The maximum atomic E-state index is 9.70. The van der Waals surface area contributed by atoms with Gasteiger partial charge in [-0.25, -0.2) is 0 Å². The summed E-state index contributed by atoms with van der Waals surface area (Å²) in [6.07, 6.45) is 4.91. The molecule has 2 nitrogen and oxygen atoms in total. The number of fused-ring (bicyclic) bond motifs is 2. The van der Waals surface area contributed by atoms with Crippen LogP contribution in [0, 0.1) is 11.8 Å². The number of rotatable bonds is 0. The van der Waals surface area contributed by atoms with Crippen LogP contribution in [-0.4, -0.2) is 22.4 Å². The van der Waals surface area contributed by atoms with Crippen molar-refractivity contribution in [2.24, 2.45) is 11.8 Å². The number of aliphatic hydroxyl groups is 2. The summed E-state index contributed by atoms with van der Waals surface area (Å²) in [5.74, 6) is 0.694. The summed E-state index contributed by atoms with van der Waals surface area (Å²) in [6.45, 7) is 0. The van der Waals surface area contributed by atoms with Gasteiger partial charge in [0.25, 0.3) is 0 Å². The Bertz CT molecular complexity index is 146. The SMILES string of the molecule is O[C@H]1[C@@H]2CCC[C@H]1[C@@H](O)CC2. The monoisotopic (exact) mass is 156 g/mol. The minimum absolute atomic E-state index is 0.197. The lowest BCUT2D eigenvalue weighted by Gasteiger charge is -2.42. The highest BCUT2D eigenvalue weighted by Crippen LogP contribution is 2.39. The van der Waals surface area contributed by atoms with Crippen molar-refractivity contribution in [3.8, 4) is 0 Å². The van der Waals surface area contributed by atoms with Gasteiger partial charge in [0.1, 0.15) is 0 Å². The third-order valence-electron chi connectivity index (χ3n) is 3.36. The molecule has 0 aromatic rings. The molecule has 2 fully saturated rings. The molecule has 0 amide bonds. The van der Waals surface area contributed by atoms with Crippen molar-refractivity contribution in [2.75, 3.05) is 0 Å². The maximum Gasteiger partial charge on any atom is 0.0621 e. The Morgan fingerprint density at radius 3 is 2.45 bits per heavy atom. The molecule has 2 bridgehead atoms. The minimum atomic E-state index is -0.221. The molecule has 2 N–H and O–H groups in total. The molecule has 2 heteroatoms. The van der Waals surface area contributed by atoms with Crippen LogP contribution in [0.5, 0.6) is 0 Å². The van der Waals surface area contributed by atoms with Crippen molar-refractivity contribution in [2.45, 2.75) is 44.3 Å². The normalized spacial score (nSPS) is 50.7. The molecule has 11 heavy (non-hydrogen) atoms. The minimum Gasteiger partial charge on any atom is -0.393 e. The highest BCUT2D eigenvalue weighted by molar-refractivity contribution is 4.90. The lowest BCUT2D eigenvalue weighted by atomic mass is 9.69. The third kappa shape index (κ3) is 1.18. The van der Waals surface area contributed by atoms with E-state index in [-0.39, 0.29) is 18.1 Å². The van der Waals surface area contributed by atoms with E-state index in [2.05, 4.69) is 0 Å². The first-order valence-electron chi connectivity index (χ1n) is 4.65. The predicted octanol–water partition coefficient (Wildman–Crippen LogP) is 0.918. The Balaban J connectivity index is 2.09. The van der Waals surface area contributed by atoms with Gasteiger partial charge in [-0.2, -0.15) is 0 Å². The first-order valence-corrected chi connectivity index (χ1v) is 4.65. The quantitative estimate of drug-likeness (QED) is 0.547. The second-order valence-electron chi connectivity index (χ2n) is 3.99. The van der Waals surface area contributed by atoms with Gasteiger partial charge in [0.15, 0.2) is 0 Å². The average molecular weight is 156 g/mol. The summed E-state index contributed by atoms with van der Waals surface area (Å²) >= 11 is 0. The van der Waals surface area contributed by atoms with Gasteiger partial charge in [0, 0.05) is 5.92 Å². The highest BCUT2D eigenvalue weighted by Gasteiger charge is 2.39. The zero-order valence-electron chi connectivity index (χ0n) is 6.74. The Morgan fingerprint density at radius 2 is 1.73 bits per heavy atom. The van der Waals surface area contributed by atoms with Gasteiger partial charge in [-0.1, -0.05) is 6.42 Å². The third-order valence-corrected chi connectivity index (χ3v) is 3.36. The fourth-order valence-corrected chi connectivity index (χ4v) is 2.64. The van der Waals surface area contributed by atoms with E-state index in [1.165, 1.54) is 12.8 Å². The predicted molar refractivity (Wildman–Crippen MR) is 42.1 cm³/mol. The second-order valence-corrected chi connectivity index (χ2v) is 3.99. The molecule has 0 saturated heterocycles. The van der Waals surface area contributed by atoms with Crippen LogP contribution in [0.3, 0.4) is 0 Å². The Morgan fingerprint density at radius 1 is 0.909 bits per heavy atom. The van der Waals surface area contributed by atoms with Crippen LogP contribution in [0.4, 0.5) is 0 Å². The topological polar surface area (TPSA) is 40.5 Å². The van der Waals surface area contributed by atoms with E-state index in [1.54, 1.807) is 0 Å². The summed E-state index contributed by atoms with van der Waals surface area (Å²) in [4.78, 5) is 0. The molecule has 0 aromatic carbocycles. The smallest absolute Gasteiger partial charge is 0.0621 e. The number of aliphatic hydroxyl groups excluding tert-OH is 2. The van der Waals surface area contributed by atoms with Crippen LogP contribution in [-0.2, 0) is 0 Å². The Kier molecular flexibility index (Phi) is 1.90. The van der Waals surface area contributed by atoms with Crippen molar-refractivity contribution in [1.29, 1.82) is 0 Å². The standard InChI is InChI=1S/C9H16O2/c10-8-5-4-6-2-1-3-7(8)9(6)11/h6-11H,1-5H2/t6-,7+,8+,9+/m1/s1. The molecule has 0 heterocycles. The molecule has 2 aliphatic rings. The van der Waals surface area contributed by atoms with E-state index in [0.29, 0.717) is 5.92 Å². The van der Waals surface area contributed by atoms with Crippen LogP contribution in [0.2, 0.25) is 0 Å². The summed E-state index contributed by atoms with van der Waals surface area (Å²) in [6, 6.07) is 0. The van der Waals surface area contributed by atoms with Gasteiger partial charge in [0.2, 0.25) is 0 Å². The van der Waals surface area contributed by atoms with Gasteiger partial charge in [-0.15, -0.1) is 0 Å². The van der Waals surface area contributed by atoms with Gasteiger partial charge in [-0.3, -0.25) is 0 Å². The molecule has 0 aromatic heterocycles. The number of hydrogen-bond donors (Lipinski definition) is 2. The fraction of sp³-hybridized carbons (Fsp3) is 1.00. The first kappa shape index (κ1) is 7.56. The largest absolute Gasteiger partial charge is 0.393 e. The van der Waals surface area contributed by atoms with Crippen LogP contribution in [0.15, 0.2) is 0 Å². The molecule has 2 saturated carbocycles. The molecule has 2 rings (SSSR count). The van der Waals surface area contributed by atoms with E-state index in [9.17, 15) is 10.2 Å². The van der Waals surface area contributed by atoms with Gasteiger partial charge in [-0.05, 0) is 31.6 Å². The van der Waals surface area contributed by atoms with E-state index >= 15 is 0 Å². The zero-order valence-corrected chi connectivity index (χ0v) is 6.74. The van der Waals surface area contributed by atoms with Crippen LogP contribution >= 0.6 is 0 Å². The van der Waals surface area contributed by atoms with Crippen molar-refractivity contribution >= 4 is 0 Å². The molecule has 0 spiro atoms. The van der Waals surface area contributed by atoms with Crippen molar-refractivity contribution in [1.82, 2.24) is 0 Å². The second kappa shape index (κ2) is 2.76. The molecule has 64 valence electrons. The number of hydrogen-bond acceptors (Lipinski definition) is 2. The van der Waals surface area contributed by atoms with Crippen LogP contribution in [0.1, 0.15) is 32.1 Å². The van der Waals surface area contributed by atoms with Crippen molar-refractivity contribution in [3.63, 3.8) is 0 Å². The molecular weight excluding hydrogens is 140 g/mol. The summed E-state index contributed by atoms with van der Waals surface area (Å²) < 4.78 is 0. The molecular formula is C9H16O2. The molecule has 0 aliphatic heterocycles. The Labute approximate surface area is 67.2 Å². The van der Waals surface area contributed by atoms with E-state index < -0.39 is 0 Å². The summed E-state index contributed by atoms with van der Waals surface area (Å²) in [5.41, 5.74) is 0. The summed E-state index contributed by atoms with van der Waals surface area (Å²) in [7, 11) is 0. The maximum absolute atomic E-state index is 9.70. The van der Waals surface area contributed by atoms with Crippen molar-refractivity contribution < 1.29 is 10.2 Å². The van der Waals surface area contributed by atoms with Gasteiger partial charge in [0.05, 0.1) is 12.2 Å². The highest BCUT2D eigenvalue weighted by atomic mass is 16.3. The van der Waals surface area contributed by atoms with E-state index in [1.807, 2.05) is 0 Å². The molecule has 0 radical (unpaired) electrons. The lowest BCUT2D eigenvalue weighted by molar-refractivity contribution is -0.0810. The van der Waals surface area contributed by atoms with Gasteiger partial charge >= 0.3 is 0 Å². The lowest BCUT2D eigenvalue weighted by Crippen LogP contribution is -2.44. The van der Waals surface area contributed by atoms with Crippen LogP contribution < -0.4 is 0 Å².